The number of carboxylic acid groups (broad SMARTS) is 1. The number of nitrogens with one attached hydrogen (secondary N) is 1. The molecule has 0 saturated heterocycles. The van der Waals surface area contributed by atoms with E-state index in [4.69, 9.17) is 5.11 Å². The summed E-state index contributed by atoms with van der Waals surface area (Å²) in [6.45, 7) is 1.75. The van der Waals surface area contributed by atoms with Crippen molar-refractivity contribution in [2.75, 3.05) is 5.32 Å². The normalized spacial score (nSPS) is 22.0. The fourth-order valence-electron chi connectivity index (χ4n) is 1.71. The molecule has 1 aromatic rings. The number of hydrogen-bond acceptors (Lipinski definition) is 2. The van der Waals surface area contributed by atoms with Crippen LogP contribution in [0.1, 0.15) is 12.0 Å². The van der Waals surface area contributed by atoms with Crippen molar-refractivity contribution in [3.05, 3.63) is 29.6 Å². The van der Waals surface area contributed by atoms with Crippen LogP contribution in [0, 0.1) is 24.6 Å². The summed E-state index contributed by atoms with van der Waals surface area (Å²) in [5, 5.41) is 11.3. The number of halogens is 1. The third-order valence-electron chi connectivity index (χ3n) is 2.90. The molecule has 0 bridgehead atoms. The zero-order valence-corrected chi connectivity index (χ0v) is 9.24. The fraction of sp³-hybridized carbons (Fsp3) is 0.333. The summed E-state index contributed by atoms with van der Waals surface area (Å²) in [4.78, 5) is 22.3. The van der Waals surface area contributed by atoms with Crippen molar-refractivity contribution in [3.8, 4) is 0 Å². The summed E-state index contributed by atoms with van der Waals surface area (Å²) in [6, 6.07) is 4.10. The maximum absolute atomic E-state index is 13.0. The van der Waals surface area contributed by atoms with Crippen molar-refractivity contribution in [2.24, 2.45) is 11.8 Å². The average Bonchev–Trinajstić information content (AvgIpc) is 3.03. The van der Waals surface area contributed by atoms with Crippen molar-refractivity contribution in [2.45, 2.75) is 13.3 Å². The zero-order valence-electron chi connectivity index (χ0n) is 9.24. The molecule has 0 radical (unpaired) electrons. The second kappa shape index (κ2) is 4.16. The van der Waals surface area contributed by atoms with Gasteiger partial charge in [-0.25, -0.2) is 4.39 Å². The Kier molecular flexibility index (Phi) is 2.83. The molecule has 1 aliphatic rings. The third-order valence-corrected chi connectivity index (χ3v) is 2.90. The third kappa shape index (κ3) is 2.43. The van der Waals surface area contributed by atoms with Gasteiger partial charge < -0.3 is 10.4 Å². The van der Waals surface area contributed by atoms with Crippen LogP contribution in [0.5, 0.6) is 0 Å². The van der Waals surface area contributed by atoms with E-state index in [9.17, 15) is 14.0 Å². The van der Waals surface area contributed by atoms with Crippen LogP contribution in [0.3, 0.4) is 0 Å². The quantitative estimate of drug-likeness (QED) is 0.842. The van der Waals surface area contributed by atoms with Crippen LogP contribution in [-0.4, -0.2) is 17.0 Å². The first-order valence-electron chi connectivity index (χ1n) is 5.29. The molecule has 1 saturated carbocycles. The molecule has 4 nitrogen and oxygen atoms in total. The van der Waals surface area contributed by atoms with Crippen LogP contribution in [0.4, 0.5) is 10.1 Å². The Bertz CT molecular complexity index is 487. The van der Waals surface area contributed by atoms with Crippen molar-refractivity contribution in [1.29, 1.82) is 0 Å². The van der Waals surface area contributed by atoms with E-state index in [0.717, 1.165) is 5.56 Å². The molecule has 1 amide bonds. The standard InChI is InChI=1S/C12H12FNO3/c1-6-2-3-7(13)4-10(6)14-11(15)8-5-9(8)12(16)17/h2-4,8-9H,5H2,1H3,(H,14,15)(H,16,17). The molecule has 1 fully saturated rings. The Labute approximate surface area is 97.4 Å². The van der Waals surface area contributed by atoms with Gasteiger partial charge in [0, 0.05) is 5.69 Å². The van der Waals surface area contributed by atoms with Crippen LogP contribution >= 0.6 is 0 Å². The highest BCUT2D eigenvalue weighted by molar-refractivity contribution is 5.98. The van der Waals surface area contributed by atoms with Gasteiger partial charge in [-0.05, 0) is 31.0 Å². The molecule has 2 atom stereocenters. The van der Waals surface area contributed by atoms with E-state index < -0.39 is 23.6 Å². The predicted octanol–water partition coefficient (Wildman–Crippen LogP) is 1.79. The molecule has 2 unspecified atom stereocenters. The fourth-order valence-corrected chi connectivity index (χ4v) is 1.71. The van der Waals surface area contributed by atoms with E-state index in [2.05, 4.69) is 5.32 Å². The molecule has 17 heavy (non-hydrogen) atoms. The number of carbonyl (C=O) groups is 2. The summed E-state index contributed by atoms with van der Waals surface area (Å²) in [7, 11) is 0. The summed E-state index contributed by atoms with van der Waals surface area (Å²) in [5.41, 5.74) is 1.14. The number of anilines is 1. The minimum atomic E-state index is -0.957. The minimum absolute atomic E-state index is 0.355. The average molecular weight is 237 g/mol. The summed E-state index contributed by atoms with van der Waals surface area (Å²) >= 11 is 0. The van der Waals surface area contributed by atoms with Gasteiger partial charge in [0.1, 0.15) is 5.82 Å². The van der Waals surface area contributed by atoms with E-state index in [1.54, 1.807) is 13.0 Å². The second-order valence-corrected chi connectivity index (χ2v) is 4.24. The first kappa shape index (κ1) is 11.6. The van der Waals surface area contributed by atoms with Gasteiger partial charge in [0.05, 0.1) is 11.8 Å². The van der Waals surface area contributed by atoms with E-state index in [0.29, 0.717) is 12.1 Å². The molecule has 0 spiro atoms. The number of carbonyl (C=O) groups excluding carboxylic acids is 1. The molecule has 1 aliphatic carbocycles. The van der Waals surface area contributed by atoms with E-state index in [1.165, 1.54) is 12.1 Å². The maximum atomic E-state index is 13.0. The Morgan fingerprint density at radius 1 is 1.41 bits per heavy atom. The monoisotopic (exact) mass is 237 g/mol. The Morgan fingerprint density at radius 3 is 2.71 bits per heavy atom. The number of aryl methyl sites for hydroxylation is 1. The van der Waals surface area contributed by atoms with Gasteiger partial charge in [-0.15, -0.1) is 0 Å². The first-order chi connectivity index (χ1) is 7.99. The molecular formula is C12H12FNO3. The lowest BCUT2D eigenvalue weighted by Gasteiger charge is -2.07. The highest BCUT2D eigenvalue weighted by Gasteiger charge is 2.48. The Morgan fingerprint density at radius 2 is 2.12 bits per heavy atom. The lowest BCUT2D eigenvalue weighted by molar-refractivity contribution is -0.139. The zero-order chi connectivity index (χ0) is 12.6. The van der Waals surface area contributed by atoms with Crippen molar-refractivity contribution >= 4 is 17.6 Å². The number of rotatable bonds is 3. The van der Waals surface area contributed by atoms with Gasteiger partial charge in [-0.1, -0.05) is 6.07 Å². The maximum Gasteiger partial charge on any atom is 0.307 e. The molecular weight excluding hydrogens is 225 g/mol. The predicted molar refractivity (Wildman–Crippen MR) is 59.0 cm³/mol. The SMILES string of the molecule is Cc1ccc(F)cc1NC(=O)C1CC1C(=O)O. The molecule has 0 heterocycles. The van der Waals surface area contributed by atoms with Gasteiger partial charge in [0.15, 0.2) is 0 Å². The Hall–Kier alpha value is -1.91. The highest BCUT2D eigenvalue weighted by Crippen LogP contribution is 2.39. The van der Waals surface area contributed by atoms with Gasteiger partial charge >= 0.3 is 5.97 Å². The minimum Gasteiger partial charge on any atom is -0.481 e. The summed E-state index contributed by atoms with van der Waals surface area (Å²) < 4.78 is 13.0. The van der Waals surface area contributed by atoms with Crippen LogP contribution < -0.4 is 5.32 Å². The molecule has 0 aliphatic heterocycles. The second-order valence-electron chi connectivity index (χ2n) is 4.24. The van der Waals surface area contributed by atoms with Crippen molar-refractivity contribution in [1.82, 2.24) is 0 Å². The Balaban J connectivity index is 2.04. The van der Waals surface area contributed by atoms with Gasteiger partial charge in [-0.2, -0.15) is 0 Å². The highest BCUT2D eigenvalue weighted by atomic mass is 19.1. The molecule has 5 heteroatoms. The molecule has 2 N–H and O–H groups in total. The van der Waals surface area contributed by atoms with E-state index in [-0.39, 0.29) is 5.91 Å². The summed E-state index contributed by atoms with van der Waals surface area (Å²) in [5.74, 6) is -2.83. The summed E-state index contributed by atoms with van der Waals surface area (Å²) in [6.07, 6.45) is 0.357. The van der Waals surface area contributed by atoms with Gasteiger partial charge in [0.2, 0.25) is 5.91 Å². The first-order valence-corrected chi connectivity index (χ1v) is 5.29. The molecule has 0 aromatic heterocycles. The smallest absolute Gasteiger partial charge is 0.307 e. The lowest BCUT2D eigenvalue weighted by Crippen LogP contribution is -2.17. The van der Waals surface area contributed by atoms with Crippen LogP contribution in [-0.2, 0) is 9.59 Å². The van der Waals surface area contributed by atoms with Crippen molar-refractivity contribution in [3.63, 3.8) is 0 Å². The number of benzene rings is 1. The number of aliphatic carboxylic acids is 1. The molecule has 1 aromatic carbocycles. The molecule has 90 valence electrons. The van der Waals surface area contributed by atoms with Crippen LogP contribution in [0.25, 0.3) is 0 Å². The van der Waals surface area contributed by atoms with Crippen LogP contribution in [0.2, 0.25) is 0 Å². The van der Waals surface area contributed by atoms with Crippen molar-refractivity contribution < 1.29 is 19.1 Å². The number of hydrogen-bond donors (Lipinski definition) is 2. The van der Waals surface area contributed by atoms with Gasteiger partial charge in [0.25, 0.3) is 0 Å². The lowest BCUT2D eigenvalue weighted by atomic mass is 10.2. The number of amides is 1. The molecule has 2 rings (SSSR count). The van der Waals surface area contributed by atoms with E-state index in [1.807, 2.05) is 0 Å². The topological polar surface area (TPSA) is 66.4 Å². The number of carboxylic acids is 1. The largest absolute Gasteiger partial charge is 0.481 e. The van der Waals surface area contributed by atoms with E-state index >= 15 is 0 Å². The van der Waals surface area contributed by atoms with Gasteiger partial charge in [-0.3, -0.25) is 9.59 Å². The van der Waals surface area contributed by atoms with Crippen LogP contribution in [0.15, 0.2) is 18.2 Å².